The quantitative estimate of drug-likeness (QED) is 0.747. The van der Waals surface area contributed by atoms with Gasteiger partial charge in [-0.1, -0.05) is 11.6 Å². The number of hydrogen-bond acceptors (Lipinski definition) is 5. The summed E-state index contributed by atoms with van der Waals surface area (Å²) in [4.78, 5) is 11.3. The van der Waals surface area contributed by atoms with E-state index >= 15 is 0 Å². The first-order valence-electron chi connectivity index (χ1n) is 6.15. The molecule has 7 nitrogen and oxygen atoms in total. The molecule has 1 aromatic carbocycles. The molecule has 0 bridgehead atoms. The molecule has 0 aliphatic carbocycles. The number of aromatic carboxylic acids is 1. The molecule has 1 N–H and O–H groups in total. The number of carboxylic acid groups (broad SMARTS) is 1. The number of benzene rings is 1. The van der Waals surface area contributed by atoms with E-state index in [1.165, 1.54) is 35.7 Å². The first-order valence-corrected chi connectivity index (χ1v) is 6.53. The van der Waals surface area contributed by atoms with Crippen LogP contribution in [0.2, 0.25) is 5.02 Å². The molecule has 3 rings (SSSR count). The van der Waals surface area contributed by atoms with Crippen molar-refractivity contribution in [2.45, 2.75) is 0 Å². The summed E-state index contributed by atoms with van der Waals surface area (Å²) in [6.07, 6.45) is 4.33. The molecule has 2 aromatic heterocycles. The number of rotatable bonds is 4. The van der Waals surface area contributed by atoms with E-state index in [0.29, 0.717) is 22.1 Å². The minimum atomic E-state index is -1.05. The Labute approximate surface area is 129 Å². The van der Waals surface area contributed by atoms with E-state index in [1.54, 1.807) is 18.2 Å². The van der Waals surface area contributed by atoms with Gasteiger partial charge in [0.05, 0.1) is 11.8 Å². The molecule has 3 aromatic rings. The van der Waals surface area contributed by atoms with Gasteiger partial charge in [-0.2, -0.15) is 5.10 Å². The number of aromatic nitrogens is 3. The number of furan rings is 1. The minimum Gasteiger partial charge on any atom is -0.478 e. The van der Waals surface area contributed by atoms with Gasteiger partial charge in [0.25, 0.3) is 0 Å². The van der Waals surface area contributed by atoms with Gasteiger partial charge in [0, 0.05) is 10.6 Å². The third-order valence-electron chi connectivity index (χ3n) is 2.83. The predicted octanol–water partition coefficient (Wildman–Crippen LogP) is 2.77. The van der Waals surface area contributed by atoms with Gasteiger partial charge in [-0.15, -0.1) is 10.2 Å². The Kier molecular flexibility index (Phi) is 3.71. The van der Waals surface area contributed by atoms with Gasteiger partial charge in [-0.3, -0.25) is 0 Å². The molecule has 2 heterocycles. The zero-order valence-corrected chi connectivity index (χ0v) is 11.8. The Balaban J connectivity index is 1.94. The summed E-state index contributed by atoms with van der Waals surface area (Å²) in [5.41, 5.74) is 0.519. The second kappa shape index (κ2) is 5.82. The molecule has 0 spiro atoms. The van der Waals surface area contributed by atoms with Crippen LogP contribution in [0.15, 0.2) is 52.5 Å². The summed E-state index contributed by atoms with van der Waals surface area (Å²) in [5.74, 6) is -0.201. The third kappa shape index (κ3) is 2.89. The van der Waals surface area contributed by atoms with Gasteiger partial charge in [0.2, 0.25) is 0 Å². The Bertz CT molecular complexity index is 840. The molecule has 8 heteroatoms. The Hall–Kier alpha value is -2.93. The van der Waals surface area contributed by atoms with Crippen LogP contribution >= 0.6 is 11.6 Å². The van der Waals surface area contributed by atoms with Gasteiger partial charge in [0.1, 0.15) is 24.2 Å². The summed E-state index contributed by atoms with van der Waals surface area (Å²) >= 11 is 5.93. The lowest BCUT2D eigenvalue weighted by Crippen LogP contribution is -1.98. The zero-order valence-electron chi connectivity index (χ0n) is 11.0. The van der Waals surface area contributed by atoms with Gasteiger partial charge < -0.3 is 9.52 Å². The van der Waals surface area contributed by atoms with Crippen LogP contribution in [0.4, 0.5) is 0 Å². The molecule has 0 saturated carbocycles. The van der Waals surface area contributed by atoms with Crippen molar-refractivity contribution in [2.24, 2.45) is 5.10 Å². The van der Waals surface area contributed by atoms with Gasteiger partial charge >= 0.3 is 5.97 Å². The van der Waals surface area contributed by atoms with E-state index < -0.39 is 5.97 Å². The molecular formula is C14H9ClN4O3. The smallest absolute Gasteiger partial charge is 0.336 e. The molecule has 0 aliphatic rings. The summed E-state index contributed by atoms with van der Waals surface area (Å²) < 4.78 is 7.00. The molecule has 0 aliphatic heterocycles. The van der Waals surface area contributed by atoms with Crippen LogP contribution < -0.4 is 0 Å². The largest absolute Gasteiger partial charge is 0.478 e. The summed E-state index contributed by atoms with van der Waals surface area (Å²) in [6, 6.07) is 7.84. The first kappa shape index (κ1) is 14.0. The van der Waals surface area contributed by atoms with Crippen LogP contribution in [0.1, 0.15) is 16.1 Å². The number of halogens is 1. The van der Waals surface area contributed by atoms with Crippen LogP contribution in [-0.2, 0) is 0 Å². The highest BCUT2D eigenvalue weighted by Crippen LogP contribution is 2.28. The van der Waals surface area contributed by atoms with Gasteiger partial charge in [-0.25, -0.2) is 9.47 Å². The fourth-order valence-corrected chi connectivity index (χ4v) is 2.02. The van der Waals surface area contributed by atoms with Crippen molar-refractivity contribution in [1.29, 1.82) is 0 Å². The fraction of sp³-hybridized carbons (Fsp3) is 0. The fourth-order valence-electron chi connectivity index (χ4n) is 1.85. The van der Waals surface area contributed by atoms with Crippen molar-refractivity contribution in [3.63, 3.8) is 0 Å². The molecule has 0 atom stereocenters. The average Bonchev–Trinajstić information content (AvgIpc) is 3.16. The number of hydrogen-bond donors (Lipinski definition) is 1. The lowest BCUT2D eigenvalue weighted by Gasteiger charge is -2.03. The van der Waals surface area contributed by atoms with E-state index in [9.17, 15) is 9.90 Å². The SMILES string of the molecule is O=C(O)c1ccc(Cl)cc1-c1ccc(C=Nn2cnnc2)o1. The molecule has 22 heavy (non-hydrogen) atoms. The van der Waals surface area contributed by atoms with E-state index in [0.717, 1.165) is 0 Å². The zero-order chi connectivity index (χ0) is 15.5. The van der Waals surface area contributed by atoms with E-state index in [2.05, 4.69) is 15.3 Å². The van der Waals surface area contributed by atoms with Crippen molar-refractivity contribution in [3.05, 3.63) is 59.3 Å². The summed E-state index contributed by atoms with van der Waals surface area (Å²) in [6.45, 7) is 0. The van der Waals surface area contributed by atoms with Crippen LogP contribution in [-0.4, -0.2) is 32.2 Å². The standard InChI is InChI=1S/C14H9ClN4O3/c15-9-1-3-11(14(20)21)12(5-9)13-4-2-10(22-13)6-18-19-7-16-17-8-19/h1-8H,(H,20,21). The maximum absolute atomic E-state index is 11.3. The monoisotopic (exact) mass is 316 g/mol. The lowest BCUT2D eigenvalue weighted by molar-refractivity contribution is 0.0697. The van der Waals surface area contributed by atoms with Crippen molar-refractivity contribution in [2.75, 3.05) is 0 Å². The second-order valence-corrected chi connectivity index (χ2v) is 4.72. The van der Waals surface area contributed by atoms with Crippen LogP contribution in [0.5, 0.6) is 0 Å². The maximum Gasteiger partial charge on any atom is 0.336 e. The third-order valence-corrected chi connectivity index (χ3v) is 3.06. The Morgan fingerprint density at radius 1 is 1.27 bits per heavy atom. The highest BCUT2D eigenvalue weighted by Gasteiger charge is 2.15. The van der Waals surface area contributed by atoms with Gasteiger partial charge in [-0.05, 0) is 30.3 Å². The number of nitrogens with zero attached hydrogens (tertiary/aromatic N) is 4. The van der Waals surface area contributed by atoms with E-state index in [4.69, 9.17) is 16.0 Å². The average molecular weight is 317 g/mol. The van der Waals surface area contributed by atoms with Crippen LogP contribution in [0, 0.1) is 0 Å². The van der Waals surface area contributed by atoms with Crippen molar-refractivity contribution < 1.29 is 14.3 Å². The molecular weight excluding hydrogens is 308 g/mol. The highest BCUT2D eigenvalue weighted by molar-refractivity contribution is 6.31. The first-order chi connectivity index (χ1) is 10.6. The molecule has 110 valence electrons. The van der Waals surface area contributed by atoms with Crippen molar-refractivity contribution >= 4 is 23.8 Å². The Morgan fingerprint density at radius 2 is 2.05 bits per heavy atom. The van der Waals surface area contributed by atoms with Crippen molar-refractivity contribution in [1.82, 2.24) is 14.9 Å². The van der Waals surface area contributed by atoms with Crippen LogP contribution in [0.3, 0.4) is 0 Å². The summed E-state index contributed by atoms with van der Waals surface area (Å²) in [5, 5.41) is 20.9. The summed E-state index contributed by atoms with van der Waals surface area (Å²) in [7, 11) is 0. The maximum atomic E-state index is 11.3. The van der Waals surface area contributed by atoms with E-state index in [1.807, 2.05) is 0 Å². The predicted molar refractivity (Wildman–Crippen MR) is 79.1 cm³/mol. The lowest BCUT2D eigenvalue weighted by atomic mass is 10.1. The van der Waals surface area contributed by atoms with E-state index in [-0.39, 0.29) is 5.56 Å². The van der Waals surface area contributed by atoms with Crippen LogP contribution in [0.25, 0.3) is 11.3 Å². The molecule has 0 radical (unpaired) electrons. The normalized spacial score (nSPS) is 11.1. The second-order valence-electron chi connectivity index (χ2n) is 4.28. The van der Waals surface area contributed by atoms with Gasteiger partial charge in [0.15, 0.2) is 0 Å². The van der Waals surface area contributed by atoms with Crippen molar-refractivity contribution in [3.8, 4) is 11.3 Å². The molecule has 0 amide bonds. The number of carboxylic acids is 1. The number of carbonyl (C=O) groups is 1. The minimum absolute atomic E-state index is 0.112. The molecule has 0 saturated heterocycles. The topological polar surface area (TPSA) is 93.5 Å². The Morgan fingerprint density at radius 3 is 2.77 bits per heavy atom. The highest BCUT2D eigenvalue weighted by atomic mass is 35.5. The molecule has 0 fully saturated rings. The molecule has 0 unspecified atom stereocenters.